The summed E-state index contributed by atoms with van der Waals surface area (Å²) in [6, 6.07) is 10.8. The Kier molecular flexibility index (Phi) is 5.46. The van der Waals surface area contributed by atoms with Crippen molar-refractivity contribution in [1.29, 1.82) is 0 Å². The molecule has 5 heteroatoms. The number of carbonyl (C=O) groups excluding carboxylic acids is 1. The summed E-state index contributed by atoms with van der Waals surface area (Å²) in [4.78, 5) is 14.8. The molecule has 0 saturated carbocycles. The average Bonchev–Trinajstić information content (AvgIpc) is 2.89. The number of hydrazine groups is 1. The van der Waals surface area contributed by atoms with E-state index in [0.717, 1.165) is 6.42 Å². The Labute approximate surface area is 150 Å². The zero-order valence-corrected chi connectivity index (χ0v) is 15.5. The molecule has 2 saturated heterocycles. The lowest BCUT2D eigenvalue weighted by molar-refractivity contribution is -0.140. The summed E-state index contributed by atoms with van der Waals surface area (Å²) in [5, 5.41) is 10.8. The fraction of sp³-hybridized carbons (Fsp3) is 0.650. The number of hydrogen-bond acceptors (Lipinski definition) is 4. The van der Waals surface area contributed by atoms with Gasteiger partial charge in [0.25, 0.3) is 0 Å². The van der Waals surface area contributed by atoms with E-state index in [1.807, 2.05) is 30.0 Å². The molecule has 25 heavy (non-hydrogen) atoms. The van der Waals surface area contributed by atoms with Crippen molar-refractivity contribution in [1.82, 2.24) is 15.8 Å². The summed E-state index contributed by atoms with van der Waals surface area (Å²) in [6.45, 7) is 7.43. The Morgan fingerprint density at radius 2 is 1.88 bits per heavy atom. The molecule has 138 valence electrons. The van der Waals surface area contributed by atoms with Crippen molar-refractivity contribution >= 4 is 5.91 Å². The topological polar surface area (TPSA) is 64.6 Å². The van der Waals surface area contributed by atoms with Crippen LogP contribution in [0.3, 0.4) is 0 Å². The van der Waals surface area contributed by atoms with Crippen LogP contribution >= 0.6 is 0 Å². The molecule has 0 spiro atoms. The Morgan fingerprint density at radius 1 is 1.24 bits per heavy atom. The molecule has 2 unspecified atom stereocenters. The van der Waals surface area contributed by atoms with Gasteiger partial charge in [-0.1, -0.05) is 30.3 Å². The van der Waals surface area contributed by atoms with Crippen LogP contribution in [0.2, 0.25) is 0 Å². The highest BCUT2D eigenvalue weighted by atomic mass is 16.3. The predicted octanol–water partition coefficient (Wildman–Crippen LogP) is 1.72. The van der Waals surface area contributed by atoms with Crippen LogP contribution in [0.5, 0.6) is 0 Å². The second-order valence-electron chi connectivity index (χ2n) is 8.07. The highest BCUT2D eigenvalue weighted by Crippen LogP contribution is 2.31. The van der Waals surface area contributed by atoms with E-state index in [-0.39, 0.29) is 11.8 Å². The lowest BCUT2D eigenvalue weighted by atomic mass is 9.78. The van der Waals surface area contributed by atoms with Gasteiger partial charge in [-0.15, -0.1) is 0 Å². The van der Waals surface area contributed by atoms with Gasteiger partial charge >= 0.3 is 0 Å². The first-order valence-electron chi connectivity index (χ1n) is 9.42. The van der Waals surface area contributed by atoms with Gasteiger partial charge in [0.1, 0.15) is 0 Å². The van der Waals surface area contributed by atoms with E-state index in [4.69, 9.17) is 0 Å². The second-order valence-corrected chi connectivity index (χ2v) is 8.07. The maximum Gasteiger partial charge on any atom is 0.222 e. The second kappa shape index (κ2) is 7.44. The number of piperidine rings is 1. The molecule has 5 nitrogen and oxygen atoms in total. The summed E-state index contributed by atoms with van der Waals surface area (Å²) in [7, 11) is 0. The van der Waals surface area contributed by atoms with Gasteiger partial charge in [-0.3, -0.25) is 15.6 Å². The molecule has 2 aliphatic heterocycles. The third kappa shape index (κ3) is 4.22. The van der Waals surface area contributed by atoms with Crippen molar-refractivity contribution in [2.24, 2.45) is 11.8 Å². The lowest BCUT2D eigenvalue weighted by Gasteiger charge is -2.43. The minimum absolute atomic E-state index is 0.0716. The number of likely N-dealkylation sites (tertiary alicyclic amines) is 1. The molecule has 0 radical (unpaired) electrons. The summed E-state index contributed by atoms with van der Waals surface area (Å²) in [5.74, 6) is 0.590. The van der Waals surface area contributed by atoms with Crippen LogP contribution in [0.4, 0.5) is 0 Å². The number of rotatable bonds is 4. The van der Waals surface area contributed by atoms with Crippen LogP contribution in [0, 0.1) is 11.8 Å². The van der Waals surface area contributed by atoms with E-state index in [2.05, 4.69) is 36.8 Å². The van der Waals surface area contributed by atoms with E-state index < -0.39 is 5.60 Å². The Hall–Kier alpha value is -1.43. The molecule has 4 atom stereocenters. The quantitative estimate of drug-likeness (QED) is 0.777. The van der Waals surface area contributed by atoms with E-state index >= 15 is 0 Å². The number of amides is 1. The summed E-state index contributed by atoms with van der Waals surface area (Å²) in [5.41, 5.74) is 6.94. The molecule has 2 heterocycles. The van der Waals surface area contributed by atoms with Crippen LogP contribution in [0.25, 0.3) is 0 Å². The third-order valence-electron chi connectivity index (χ3n) is 6.12. The van der Waals surface area contributed by atoms with Crippen LogP contribution in [0.1, 0.15) is 39.2 Å². The molecule has 0 aromatic heterocycles. The van der Waals surface area contributed by atoms with Crippen molar-refractivity contribution < 1.29 is 9.90 Å². The SMILES string of the molecule is CC1NNC(C)C1CC(=O)N1CC[C@](C)(O)[C@H](Cc2ccccc2)C1. The molecule has 2 aliphatic rings. The Morgan fingerprint density at radius 3 is 2.52 bits per heavy atom. The zero-order valence-electron chi connectivity index (χ0n) is 15.5. The van der Waals surface area contributed by atoms with Crippen LogP contribution < -0.4 is 10.9 Å². The van der Waals surface area contributed by atoms with Crippen LogP contribution in [0.15, 0.2) is 30.3 Å². The summed E-state index contributed by atoms with van der Waals surface area (Å²) < 4.78 is 0. The average molecular weight is 345 g/mol. The number of nitrogens with one attached hydrogen (secondary N) is 2. The molecule has 0 aliphatic carbocycles. The van der Waals surface area contributed by atoms with Gasteiger partial charge in [-0.25, -0.2) is 0 Å². The smallest absolute Gasteiger partial charge is 0.222 e. The normalized spacial score (nSPS) is 35.8. The van der Waals surface area contributed by atoms with Gasteiger partial charge in [0, 0.05) is 43.4 Å². The van der Waals surface area contributed by atoms with Gasteiger partial charge < -0.3 is 10.0 Å². The zero-order chi connectivity index (χ0) is 18.0. The first-order valence-corrected chi connectivity index (χ1v) is 9.42. The van der Waals surface area contributed by atoms with E-state index in [9.17, 15) is 9.90 Å². The lowest BCUT2D eigenvalue weighted by Crippen LogP contribution is -2.53. The molecular weight excluding hydrogens is 314 g/mol. The monoisotopic (exact) mass is 345 g/mol. The number of aliphatic hydroxyl groups is 1. The van der Waals surface area contributed by atoms with Gasteiger partial charge in [0.05, 0.1) is 5.60 Å². The number of hydrogen-bond donors (Lipinski definition) is 3. The largest absolute Gasteiger partial charge is 0.390 e. The summed E-state index contributed by atoms with van der Waals surface area (Å²) >= 11 is 0. The van der Waals surface area contributed by atoms with Crippen molar-refractivity contribution in [2.75, 3.05) is 13.1 Å². The molecule has 1 aromatic carbocycles. The fourth-order valence-electron chi connectivity index (χ4n) is 4.12. The first-order chi connectivity index (χ1) is 11.9. The van der Waals surface area contributed by atoms with E-state index in [1.165, 1.54) is 5.56 Å². The molecule has 1 aromatic rings. The molecule has 0 bridgehead atoms. The van der Waals surface area contributed by atoms with Crippen LogP contribution in [-0.4, -0.2) is 46.7 Å². The highest BCUT2D eigenvalue weighted by Gasteiger charge is 2.40. The van der Waals surface area contributed by atoms with Gasteiger partial charge in [0.15, 0.2) is 0 Å². The van der Waals surface area contributed by atoms with Crippen molar-refractivity contribution in [3.63, 3.8) is 0 Å². The minimum Gasteiger partial charge on any atom is -0.390 e. The maximum atomic E-state index is 12.8. The van der Waals surface area contributed by atoms with Gasteiger partial charge in [-0.05, 0) is 39.2 Å². The van der Waals surface area contributed by atoms with E-state index in [1.54, 1.807) is 0 Å². The molecule has 1 amide bonds. The van der Waals surface area contributed by atoms with Crippen LogP contribution in [-0.2, 0) is 11.2 Å². The van der Waals surface area contributed by atoms with Gasteiger partial charge in [0.2, 0.25) is 5.91 Å². The Balaban J connectivity index is 1.64. The highest BCUT2D eigenvalue weighted by molar-refractivity contribution is 5.76. The van der Waals surface area contributed by atoms with E-state index in [0.29, 0.717) is 43.9 Å². The Bertz CT molecular complexity index is 580. The number of nitrogens with zero attached hydrogens (tertiary/aromatic N) is 1. The molecular formula is C20H31N3O2. The van der Waals surface area contributed by atoms with Gasteiger partial charge in [-0.2, -0.15) is 0 Å². The van der Waals surface area contributed by atoms with Crippen molar-refractivity contribution in [3.05, 3.63) is 35.9 Å². The minimum atomic E-state index is -0.719. The number of benzene rings is 1. The predicted molar refractivity (Wildman–Crippen MR) is 98.8 cm³/mol. The summed E-state index contributed by atoms with van der Waals surface area (Å²) in [6.07, 6.45) is 2.00. The molecule has 3 N–H and O–H groups in total. The third-order valence-corrected chi connectivity index (χ3v) is 6.12. The number of carbonyl (C=O) groups is 1. The standard InChI is InChI=1S/C20H31N3O2/c1-14-18(15(2)22-21-14)12-19(24)23-10-9-20(3,25)17(13-23)11-16-7-5-4-6-8-16/h4-8,14-15,17-18,21-22,25H,9-13H2,1-3H3/t14?,15?,17-,18?,20+/m1/s1. The molecule has 3 rings (SSSR count). The van der Waals surface area contributed by atoms with Crippen molar-refractivity contribution in [3.8, 4) is 0 Å². The maximum absolute atomic E-state index is 12.8. The van der Waals surface area contributed by atoms with Crippen molar-refractivity contribution in [2.45, 2.75) is 57.7 Å². The fourth-order valence-corrected chi connectivity index (χ4v) is 4.12. The molecule has 2 fully saturated rings. The first kappa shape index (κ1) is 18.4.